The molecule has 0 spiro atoms. The monoisotopic (exact) mass is 720 g/mol. The van der Waals surface area contributed by atoms with Crippen molar-refractivity contribution in [2.75, 3.05) is 24.5 Å². The van der Waals surface area contributed by atoms with Crippen molar-refractivity contribution >= 4 is 44.8 Å². The molecular weight excluding hydrogens is 680 g/mol. The van der Waals surface area contributed by atoms with Crippen LogP contribution >= 0.6 is 11.6 Å². The molecule has 0 fully saturated rings. The summed E-state index contributed by atoms with van der Waals surface area (Å²) in [5.74, 6) is -0.978. The second kappa shape index (κ2) is 17.1. The summed E-state index contributed by atoms with van der Waals surface area (Å²) in [6.45, 7) is 5.03. The molecule has 0 unspecified atom stereocenters. The molecule has 4 aromatic rings. The van der Waals surface area contributed by atoms with Gasteiger partial charge in [-0.05, 0) is 55.7 Å². The van der Waals surface area contributed by atoms with Gasteiger partial charge in [-0.1, -0.05) is 91.2 Å². The van der Waals surface area contributed by atoms with E-state index in [1.54, 1.807) is 0 Å². The Kier molecular flexibility index (Phi) is 13.0. The van der Waals surface area contributed by atoms with Crippen LogP contribution in [0.3, 0.4) is 0 Å². The molecule has 4 aromatic carbocycles. The number of halogens is 1. The number of sulfonamides is 1. The summed E-state index contributed by atoms with van der Waals surface area (Å²) in [5, 5.41) is 14.9. The fourth-order valence-electron chi connectivity index (χ4n) is 5.51. The van der Waals surface area contributed by atoms with Gasteiger partial charge in [0.15, 0.2) is 0 Å². The molecule has 13 heteroatoms. The zero-order valence-electron chi connectivity index (χ0n) is 28.5. The van der Waals surface area contributed by atoms with Gasteiger partial charge in [0.05, 0.1) is 22.6 Å². The zero-order valence-corrected chi connectivity index (χ0v) is 30.0. The van der Waals surface area contributed by atoms with E-state index in [-0.39, 0.29) is 40.9 Å². The van der Waals surface area contributed by atoms with Crippen molar-refractivity contribution in [3.05, 3.63) is 128 Å². The quantitative estimate of drug-likeness (QED) is 0.0779. The van der Waals surface area contributed by atoms with E-state index in [4.69, 9.17) is 16.3 Å². The van der Waals surface area contributed by atoms with Crippen LogP contribution in [-0.4, -0.2) is 56.3 Å². The molecule has 0 aromatic heterocycles. The number of carbonyl (C=O) groups is 2. The summed E-state index contributed by atoms with van der Waals surface area (Å²) < 4.78 is 35.3. The van der Waals surface area contributed by atoms with Crippen molar-refractivity contribution in [1.29, 1.82) is 0 Å². The molecule has 1 atom stereocenters. The van der Waals surface area contributed by atoms with Gasteiger partial charge >= 0.3 is 0 Å². The first kappa shape index (κ1) is 37.9. The summed E-state index contributed by atoms with van der Waals surface area (Å²) >= 11 is 6.35. The Morgan fingerprint density at radius 1 is 0.960 bits per heavy atom. The van der Waals surface area contributed by atoms with Crippen LogP contribution in [0.2, 0.25) is 5.02 Å². The third kappa shape index (κ3) is 9.39. The number of carbonyl (C=O) groups excluding carboxylic acids is 2. The Balaban J connectivity index is 1.88. The van der Waals surface area contributed by atoms with E-state index >= 15 is 0 Å². The minimum atomic E-state index is -4.66. The van der Waals surface area contributed by atoms with Crippen molar-refractivity contribution in [3.8, 4) is 5.75 Å². The molecule has 264 valence electrons. The Morgan fingerprint density at radius 3 is 2.34 bits per heavy atom. The van der Waals surface area contributed by atoms with Crippen LogP contribution in [0.1, 0.15) is 42.0 Å². The number of benzene rings is 4. The summed E-state index contributed by atoms with van der Waals surface area (Å²) in [6.07, 6.45) is 1.74. The Hall–Kier alpha value is -4.94. The summed E-state index contributed by atoms with van der Waals surface area (Å²) in [7, 11) is -3.32. The maximum Gasteiger partial charge on any atom is 0.273 e. The molecule has 0 heterocycles. The molecule has 1 N–H and O–H groups in total. The van der Waals surface area contributed by atoms with Crippen molar-refractivity contribution in [3.63, 3.8) is 0 Å². The molecule has 0 aliphatic heterocycles. The molecule has 0 aliphatic rings. The lowest BCUT2D eigenvalue weighted by atomic mass is 10.0. The topological polar surface area (TPSA) is 139 Å². The van der Waals surface area contributed by atoms with Crippen molar-refractivity contribution in [2.45, 2.75) is 57.5 Å². The number of unbranched alkanes of at least 4 members (excludes halogenated alkanes) is 1. The van der Waals surface area contributed by atoms with Gasteiger partial charge in [0.2, 0.25) is 11.8 Å². The fraction of sp³-hybridized carbons (Fsp3) is 0.297. The highest BCUT2D eigenvalue weighted by Crippen LogP contribution is 2.36. The van der Waals surface area contributed by atoms with E-state index in [1.165, 1.54) is 49.3 Å². The highest BCUT2D eigenvalue weighted by atomic mass is 35.5. The number of rotatable bonds is 16. The van der Waals surface area contributed by atoms with Crippen molar-refractivity contribution in [1.82, 2.24) is 10.2 Å². The molecule has 2 amide bonds. The SMILES string of the molecule is CCCCNC(=O)[C@@H](Cc1ccccc1)N(Cc1cccc(C)c1)C(=O)CN(c1cc(Cl)ccc1OC)S(=O)(=O)c1ccc(C)c([N+](=O)[O-])c1. The minimum Gasteiger partial charge on any atom is -0.495 e. The number of hydrogen-bond acceptors (Lipinski definition) is 7. The molecule has 11 nitrogen and oxygen atoms in total. The zero-order chi connectivity index (χ0) is 36.4. The number of nitrogens with one attached hydrogen (secondary N) is 1. The lowest BCUT2D eigenvalue weighted by molar-refractivity contribution is -0.385. The van der Waals surface area contributed by atoms with E-state index in [2.05, 4.69) is 5.32 Å². The second-order valence-corrected chi connectivity index (χ2v) is 14.2. The molecule has 0 saturated carbocycles. The molecule has 0 radical (unpaired) electrons. The first-order chi connectivity index (χ1) is 23.8. The Labute approximate surface area is 298 Å². The average Bonchev–Trinajstić information content (AvgIpc) is 3.09. The van der Waals surface area contributed by atoms with Crippen LogP contribution in [0.15, 0.2) is 95.9 Å². The number of ether oxygens (including phenoxy) is 1. The Morgan fingerprint density at radius 2 is 1.68 bits per heavy atom. The van der Waals surface area contributed by atoms with Crippen LogP contribution < -0.4 is 14.4 Å². The molecule has 0 bridgehead atoms. The maximum absolute atomic E-state index is 14.7. The summed E-state index contributed by atoms with van der Waals surface area (Å²) in [6, 6.07) is 23.6. The van der Waals surface area contributed by atoms with Gasteiger partial charge in [-0.15, -0.1) is 0 Å². The van der Waals surface area contributed by atoms with Gasteiger partial charge in [0, 0.05) is 36.2 Å². The fourth-order valence-corrected chi connectivity index (χ4v) is 7.12. The van der Waals surface area contributed by atoms with Gasteiger partial charge in [-0.3, -0.25) is 24.0 Å². The largest absolute Gasteiger partial charge is 0.495 e. The number of hydrogen-bond donors (Lipinski definition) is 1. The van der Waals surface area contributed by atoms with E-state index in [9.17, 15) is 28.1 Å². The third-order valence-corrected chi connectivity index (χ3v) is 10.2. The van der Waals surface area contributed by atoms with E-state index in [0.29, 0.717) is 6.54 Å². The number of methoxy groups -OCH3 is 1. The molecule has 0 aliphatic carbocycles. The first-order valence-electron chi connectivity index (χ1n) is 16.1. The van der Waals surface area contributed by atoms with Gasteiger partial charge < -0.3 is 15.0 Å². The second-order valence-electron chi connectivity index (χ2n) is 11.9. The van der Waals surface area contributed by atoms with Crippen molar-refractivity contribution < 1.29 is 27.7 Å². The van der Waals surface area contributed by atoms with Gasteiger partial charge in [-0.25, -0.2) is 8.42 Å². The van der Waals surface area contributed by atoms with E-state index in [0.717, 1.165) is 39.9 Å². The van der Waals surface area contributed by atoms with Gasteiger partial charge in [-0.2, -0.15) is 0 Å². The molecule has 0 saturated heterocycles. The number of anilines is 1. The predicted molar refractivity (Wildman–Crippen MR) is 194 cm³/mol. The minimum absolute atomic E-state index is 0.00418. The first-order valence-corrected chi connectivity index (χ1v) is 18.0. The smallest absolute Gasteiger partial charge is 0.273 e. The molecular formula is C37H41ClN4O7S. The number of nitro groups is 1. The Bertz CT molecular complexity index is 1940. The van der Waals surface area contributed by atoms with Gasteiger partial charge in [0.1, 0.15) is 18.3 Å². The van der Waals surface area contributed by atoms with E-state index in [1.807, 2.05) is 68.4 Å². The van der Waals surface area contributed by atoms with Crippen LogP contribution in [-0.2, 0) is 32.6 Å². The van der Waals surface area contributed by atoms with Crippen LogP contribution in [0.25, 0.3) is 0 Å². The predicted octanol–water partition coefficient (Wildman–Crippen LogP) is 6.63. The van der Waals surface area contributed by atoms with Gasteiger partial charge in [0.25, 0.3) is 15.7 Å². The molecule has 50 heavy (non-hydrogen) atoms. The number of aryl methyl sites for hydroxylation is 2. The van der Waals surface area contributed by atoms with Crippen LogP contribution in [0.4, 0.5) is 11.4 Å². The number of nitrogens with zero attached hydrogens (tertiary/aromatic N) is 3. The standard InChI is InChI=1S/C37H41ClN4O7S/c1-5-6-19-39-37(44)34(21-28-12-8-7-9-13-28)40(24-29-14-10-11-26(2)20-29)36(43)25-41(33-22-30(38)16-18-35(33)49-4)50(47,48)31-17-15-27(3)32(23-31)42(45)46/h7-18,20,22-23,34H,5-6,19,21,24-25H2,1-4H3,(H,39,44)/t34-/m1/s1. The lowest BCUT2D eigenvalue weighted by Crippen LogP contribution is -2.53. The molecule has 4 rings (SSSR count). The normalized spacial score (nSPS) is 11.8. The van der Waals surface area contributed by atoms with E-state index < -0.39 is 44.0 Å². The summed E-state index contributed by atoms with van der Waals surface area (Å²) in [4.78, 5) is 40.8. The highest BCUT2D eigenvalue weighted by Gasteiger charge is 2.36. The third-order valence-electron chi connectivity index (χ3n) is 8.19. The lowest BCUT2D eigenvalue weighted by Gasteiger charge is -2.34. The summed E-state index contributed by atoms with van der Waals surface area (Å²) in [5.41, 5.74) is 2.29. The highest BCUT2D eigenvalue weighted by molar-refractivity contribution is 7.92. The number of nitro benzene ring substituents is 1. The van der Waals surface area contributed by atoms with Crippen LogP contribution in [0, 0.1) is 24.0 Å². The average molecular weight is 721 g/mol. The van der Waals surface area contributed by atoms with Crippen molar-refractivity contribution in [2.24, 2.45) is 0 Å². The maximum atomic E-state index is 14.7. The number of amides is 2. The van der Waals surface area contributed by atoms with Crippen LogP contribution in [0.5, 0.6) is 5.75 Å².